The van der Waals surface area contributed by atoms with E-state index in [1.54, 1.807) is 17.1 Å². The highest BCUT2D eigenvalue weighted by molar-refractivity contribution is 6.20. The molecule has 84 valence electrons. The SMILES string of the molecule is CC(Cl)CCCNC(=O)c1cn(C)cn1. The third kappa shape index (κ3) is 4.34. The predicted molar refractivity (Wildman–Crippen MR) is 60.1 cm³/mol. The molecule has 1 N–H and O–H groups in total. The fourth-order valence-corrected chi connectivity index (χ4v) is 1.36. The molecule has 1 unspecified atom stereocenters. The van der Waals surface area contributed by atoms with Crippen LogP contribution in [0.5, 0.6) is 0 Å². The monoisotopic (exact) mass is 229 g/mol. The lowest BCUT2D eigenvalue weighted by Crippen LogP contribution is -2.25. The van der Waals surface area contributed by atoms with Gasteiger partial charge in [0.25, 0.3) is 5.91 Å². The highest BCUT2D eigenvalue weighted by Crippen LogP contribution is 2.02. The number of nitrogens with one attached hydrogen (secondary N) is 1. The maximum absolute atomic E-state index is 11.5. The average molecular weight is 230 g/mol. The van der Waals surface area contributed by atoms with Crippen LogP contribution >= 0.6 is 11.6 Å². The van der Waals surface area contributed by atoms with Crippen molar-refractivity contribution in [3.05, 3.63) is 18.2 Å². The van der Waals surface area contributed by atoms with Crippen molar-refractivity contribution in [1.29, 1.82) is 0 Å². The van der Waals surface area contributed by atoms with Crippen LogP contribution in [0, 0.1) is 0 Å². The van der Waals surface area contributed by atoms with Gasteiger partial charge in [-0.15, -0.1) is 11.6 Å². The van der Waals surface area contributed by atoms with Crippen molar-refractivity contribution in [2.75, 3.05) is 6.54 Å². The van der Waals surface area contributed by atoms with Crippen LogP contribution in [0.15, 0.2) is 12.5 Å². The maximum Gasteiger partial charge on any atom is 0.271 e. The van der Waals surface area contributed by atoms with E-state index in [4.69, 9.17) is 11.6 Å². The van der Waals surface area contributed by atoms with E-state index < -0.39 is 0 Å². The third-order valence-corrected chi connectivity index (χ3v) is 2.22. The van der Waals surface area contributed by atoms with Crippen molar-refractivity contribution < 1.29 is 4.79 Å². The number of imidazole rings is 1. The molecule has 1 aromatic heterocycles. The first-order valence-corrected chi connectivity index (χ1v) is 5.43. The van der Waals surface area contributed by atoms with Crippen molar-refractivity contribution in [2.45, 2.75) is 25.1 Å². The Labute approximate surface area is 94.6 Å². The smallest absolute Gasteiger partial charge is 0.271 e. The lowest BCUT2D eigenvalue weighted by Gasteiger charge is -2.04. The quantitative estimate of drug-likeness (QED) is 0.615. The molecule has 0 aliphatic carbocycles. The minimum atomic E-state index is -0.127. The molecular formula is C10H16ClN3O. The Bertz CT molecular complexity index is 322. The summed E-state index contributed by atoms with van der Waals surface area (Å²) >= 11 is 5.79. The van der Waals surface area contributed by atoms with Gasteiger partial charge in [-0.05, 0) is 19.8 Å². The molecule has 5 heteroatoms. The minimum absolute atomic E-state index is 0.127. The van der Waals surface area contributed by atoms with Gasteiger partial charge in [0.15, 0.2) is 0 Å². The Hall–Kier alpha value is -1.03. The van der Waals surface area contributed by atoms with Gasteiger partial charge in [0.05, 0.1) is 6.33 Å². The summed E-state index contributed by atoms with van der Waals surface area (Å²) in [6.45, 7) is 2.59. The van der Waals surface area contributed by atoms with Gasteiger partial charge in [-0.3, -0.25) is 4.79 Å². The van der Waals surface area contributed by atoms with E-state index in [0.717, 1.165) is 12.8 Å². The van der Waals surface area contributed by atoms with Crippen molar-refractivity contribution in [2.24, 2.45) is 7.05 Å². The summed E-state index contributed by atoms with van der Waals surface area (Å²) in [4.78, 5) is 15.4. The molecule has 0 spiro atoms. The predicted octanol–water partition coefficient (Wildman–Crippen LogP) is 1.56. The van der Waals surface area contributed by atoms with E-state index in [-0.39, 0.29) is 11.3 Å². The highest BCUT2D eigenvalue weighted by atomic mass is 35.5. The average Bonchev–Trinajstić information content (AvgIpc) is 2.59. The van der Waals surface area contributed by atoms with E-state index in [2.05, 4.69) is 10.3 Å². The van der Waals surface area contributed by atoms with Crippen LogP contribution in [0.25, 0.3) is 0 Å². The van der Waals surface area contributed by atoms with E-state index in [1.165, 1.54) is 0 Å². The lowest BCUT2D eigenvalue weighted by atomic mass is 10.2. The van der Waals surface area contributed by atoms with Gasteiger partial charge in [0.2, 0.25) is 0 Å². The zero-order valence-corrected chi connectivity index (χ0v) is 9.79. The molecule has 1 amide bonds. The van der Waals surface area contributed by atoms with Gasteiger partial charge in [0.1, 0.15) is 5.69 Å². The van der Waals surface area contributed by atoms with Crippen LogP contribution < -0.4 is 5.32 Å². The molecule has 15 heavy (non-hydrogen) atoms. The van der Waals surface area contributed by atoms with Crippen LogP contribution in [0.4, 0.5) is 0 Å². The van der Waals surface area contributed by atoms with Gasteiger partial charge < -0.3 is 9.88 Å². The summed E-state index contributed by atoms with van der Waals surface area (Å²) in [5.41, 5.74) is 0.455. The Balaban J connectivity index is 2.25. The summed E-state index contributed by atoms with van der Waals surface area (Å²) in [6.07, 6.45) is 5.10. The molecule has 0 saturated carbocycles. The molecule has 0 fully saturated rings. The molecule has 4 nitrogen and oxygen atoms in total. The minimum Gasteiger partial charge on any atom is -0.351 e. The number of aromatic nitrogens is 2. The maximum atomic E-state index is 11.5. The number of carbonyl (C=O) groups excluding carboxylic acids is 1. The summed E-state index contributed by atoms with van der Waals surface area (Å²) in [5.74, 6) is -0.127. The van der Waals surface area contributed by atoms with Gasteiger partial charge in [-0.1, -0.05) is 0 Å². The lowest BCUT2D eigenvalue weighted by molar-refractivity contribution is 0.0948. The van der Waals surface area contributed by atoms with Gasteiger partial charge in [0, 0.05) is 25.2 Å². The molecule has 1 atom stereocenters. The number of amides is 1. The fraction of sp³-hybridized carbons (Fsp3) is 0.600. The molecule has 1 rings (SSSR count). The van der Waals surface area contributed by atoms with Crippen molar-refractivity contribution in [3.63, 3.8) is 0 Å². The molecule has 1 aromatic rings. The highest BCUT2D eigenvalue weighted by Gasteiger charge is 2.07. The Kier molecular flexibility index (Phi) is 4.62. The number of nitrogens with zero attached hydrogens (tertiary/aromatic N) is 2. The summed E-state index contributed by atoms with van der Waals surface area (Å²) < 4.78 is 1.75. The van der Waals surface area contributed by atoms with E-state index in [0.29, 0.717) is 12.2 Å². The van der Waals surface area contributed by atoms with Crippen molar-refractivity contribution in [1.82, 2.24) is 14.9 Å². The number of aryl methyl sites for hydroxylation is 1. The normalized spacial score (nSPS) is 12.5. The van der Waals surface area contributed by atoms with Crippen LogP contribution in [0.3, 0.4) is 0 Å². The van der Waals surface area contributed by atoms with E-state index in [9.17, 15) is 4.79 Å². The first-order chi connectivity index (χ1) is 7.09. The molecular weight excluding hydrogens is 214 g/mol. The second kappa shape index (κ2) is 5.75. The zero-order valence-electron chi connectivity index (χ0n) is 9.03. The molecule has 0 aliphatic heterocycles. The van der Waals surface area contributed by atoms with Crippen LogP contribution in [-0.2, 0) is 7.05 Å². The number of hydrogen-bond acceptors (Lipinski definition) is 2. The summed E-state index contributed by atoms with van der Waals surface area (Å²) in [6, 6.07) is 0. The molecule has 0 bridgehead atoms. The zero-order chi connectivity index (χ0) is 11.3. The third-order valence-electron chi connectivity index (χ3n) is 2.00. The largest absolute Gasteiger partial charge is 0.351 e. The topological polar surface area (TPSA) is 46.9 Å². The molecule has 0 aliphatic rings. The number of alkyl halides is 1. The van der Waals surface area contributed by atoms with E-state index >= 15 is 0 Å². The second-order valence-electron chi connectivity index (χ2n) is 3.60. The number of halogens is 1. The van der Waals surface area contributed by atoms with Gasteiger partial charge in [-0.25, -0.2) is 4.98 Å². The van der Waals surface area contributed by atoms with Gasteiger partial charge >= 0.3 is 0 Å². The second-order valence-corrected chi connectivity index (χ2v) is 4.35. The van der Waals surface area contributed by atoms with Crippen molar-refractivity contribution in [3.8, 4) is 0 Å². The van der Waals surface area contributed by atoms with Crippen LogP contribution in [0.1, 0.15) is 30.3 Å². The van der Waals surface area contributed by atoms with Crippen molar-refractivity contribution >= 4 is 17.5 Å². The van der Waals surface area contributed by atoms with Crippen LogP contribution in [-0.4, -0.2) is 27.4 Å². The molecule has 0 radical (unpaired) electrons. The Morgan fingerprint density at radius 3 is 3.00 bits per heavy atom. The first-order valence-electron chi connectivity index (χ1n) is 5.00. The molecule has 0 aromatic carbocycles. The Morgan fingerprint density at radius 1 is 1.73 bits per heavy atom. The Morgan fingerprint density at radius 2 is 2.47 bits per heavy atom. The first kappa shape index (κ1) is 12.0. The van der Waals surface area contributed by atoms with E-state index in [1.807, 2.05) is 14.0 Å². The standard InChI is InChI=1S/C10H16ClN3O/c1-8(11)4-3-5-12-10(15)9-6-14(2)7-13-9/h6-8H,3-5H2,1-2H3,(H,12,15). The number of carbonyl (C=O) groups is 1. The van der Waals surface area contributed by atoms with Gasteiger partial charge in [-0.2, -0.15) is 0 Å². The molecule has 0 saturated heterocycles. The number of rotatable bonds is 5. The fourth-order valence-electron chi connectivity index (χ4n) is 1.21. The summed E-state index contributed by atoms with van der Waals surface area (Å²) in [7, 11) is 1.83. The molecule has 1 heterocycles. The number of hydrogen-bond donors (Lipinski definition) is 1. The summed E-state index contributed by atoms with van der Waals surface area (Å²) in [5, 5.41) is 2.96. The van der Waals surface area contributed by atoms with Crippen LogP contribution in [0.2, 0.25) is 0 Å².